The molecular formula is C17H20N2O5S. The maximum absolute atomic E-state index is 12.6. The quantitative estimate of drug-likeness (QED) is 0.819. The van der Waals surface area contributed by atoms with Gasteiger partial charge in [0.25, 0.3) is 5.91 Å². The number of nitrogens with one attached hydrogen (secondary N) is 1. The van der Waals surface area contributed by atoms with Crippen LogP contribution in [-0.4, -0.2) is 25.5 Å². The SMILES string of the molecule is Cc1noc(C)c1S(=O)(=O)Oc1ccccc1C(=O)NC1CCCC1. The van der Waals surface area contributed by atoms with Gasteiger partial charge >= 0.3 is 10.1 Å². The van der Waals surface area contributed by atoms with Gasteiger partial charge in [0, 0.05) is 6.04 Å². The van der Waals surface area contributed by atoms with Crippen LogP contribution in [0.3, 0.4) is 0 Å². The van der Waals surface area contributed by atoms with Crippen molar-refractivity contribution in [2.24, 2.45) is 0 Å². The molecule has 0 spiro atoms. The molecule has 1 fully saturated rings. The molecule has 0 bridgehead atoms. The number of aromatic nitrogens is 1. The van der Waals surface area contributed by atoms with Crippen LogP contribution in [0.2, 0.25) is 0 Å². The summed E-state index contributed by atoms with van der Waals surface area (Å²) in [5, 5.41) is 6.57. The summed E-state index contributed by atoms with van der Waals surface area (Å²) >= 11 is 0. The molecule has 2 aromatic rings. The minimum atomic E-state index is -4.15. The van der Waals surface area contributed by atoms with Crippen molar-refractivity contribution in [3.63, 3.8) is 0 Å². The Balaban J connectivity index is 1.87. The maximum Gasteiger partial charge on any atom is 0.344 e. The average molecular weight is 364 g/mol. The summed E-state index contributed by atoms with van der Waals surface area (Å²) in [5.74, 6) is -0.208. The summed E-state index contributed by atoms with van der Waals surface area (Å²) in [6.45, 7) is 3.01. The minimum Gasteiger partial charge on any atom is -0.378 e. The van der Waals surface area contributed by atoms with Crippen molar-refractivity contribution in [3.05, 3.63) is 41.3 Å². The molecule has 1 saturated carbocycles. The lowest BCUT2D eigenvalue weighted by Crippen LogP contribution is -2.33. The second-order valence-electron chi connectivity index (χ2n) is 6.14. The fourth-order valence-corrected chi connectivity index (χ4v) is 4.31. The number of amides is 1. The highest BCUT2D eigenvalue weighted by atomic mass is 32.2. The highest BCUT2D eigenvalue weighted by Gasteiger charge is 2.28. The second-order valence-corrected chi connectivity index (χ2v) is 7.62. The summed E-state index contributed by atoms with van der Waals surface area (Å²) in [6.07, 6.45) is 4.05. The molecule has 0 unspecified atom stereocenters. The van der Waals surface area contributed by atoms with Gasteiger partial charge in [-0.15, -0.1) is 0 Å². The summed E-state index contributed by atoms with van der Waals surface area (Å²) in [5.41, 5.74) is 0.398. The molecule has 0 radical (unpaired) electrons. The summed E-state index contributed by atoms with van der Waals surface area (Å²) < 4.78 is 35.3. The van der Waals surface area contributed by atoms with Crippen molar-refractivity contribution in [1.29, 1.82) is 0 Å². The van der Waals surface area contributed by atoms with E-state index in [0.29, 0.717) is 0 Å². The van der Waals surface area contributed by atoms with E-state index >= 15 is 0 Å². The zero-order valence-electron chi connectivity index (χ0n) is 14.1. The van der Waals surface area contributed by atoms with Crippen LogP contribution in [0.4, 0.5) is 0 Å². The third kappa shape index (κ3) is 3.68. The highest BCUT2D eigenvalue weighted by molar-refractivity contribution is 7.87. The lowest BCUT2D eigenvalue weighted by atomic mass is 10.1. The molecule has 7 nitrogen and oxygen atoms in total. The van der Waals surface area contributed by atoms with E-state index in [4.69, 9.17) is 8.71 Å². The molecule has 0 saturated heterocycles. The van der Waals surface area contributed by atoms with Gasteiger partial charge in [-0.3, -0.25) is 4.79 Å². The molecule has 1 aliphatic carbocycles. The molecule has 1 heterocycles. The van der Waals surface area contributed by atoms with Gasteiger partial charge in [-0.2, -0.15) is 8.42 Å². The maximum atomic E-state index is 12.6. The predicted molar refractivity (Wildman–Crippen MR) is 90.0 cm³/mol. The number of aryl methyl sites for hydroxylation is 2. The van der Waals surface area contributed by atoms with E-state index in [1.165, 1.54) is 19.9 Å². The van der Waals surface area contributed by atoms with Crippen molar-refractivity contribution in [1.82, 2.24) is 10.5 Å². The van der Waals surface area contributed by atoms with Gasteiger partial charge in [-0.05, 0) is 38.8 Å². The van der Waals surface area contributed by atoms with Crippen LogP contribution < -0.4 is 9.50 Å². The molecule has 1 aliphatic rings. The Morgan fingerprint density at radius 3 is 2.56 bits per heavy atom. The van der Waals surface area contributed by atoms with Gasteiger partial charge in [0.2, 0.25) is 0 Å². The zero-order chi connectivity index (χ0) is 18.0. The molecule has 3 rings (SSSR count). The molecule has 1 N–H and O–H groups in total. The molecule has 134 valence electrons. The van der Waals surface area contributed by atoms with Gasteiger partial charge in [0.05, 0.1) is 5.56 Å². The van der Waals surface area contributed by atoms with E-state index in [0.717, 1.165) is 25.7 Å². The summed E-state index contributed by atoms with van der Waals surface area (Å²) in [4.78, 5) is 12.4. The predicted octanol–water partition coefficient (Wildman–Crippen LogP) is 2.73. The fraction of sp³-hybridized carbons (Fsp3) is 0.412. The molecule has 0 aliphatic heterocycles. The van der Waals surface area contributed by atoms with E-state index in [-0.39, 0.29) is 39.6 Å². The number of nitrogens with zero attached hydrogens (tertiary/aromatic N) is 1. The van der Waals surface area contributed by atoms with Crippen LogP contribution in [0.15, 0.2) is 33.7 Å². The van der Waals surface area contributed by atoms with Crippen LogP contribution in [0.1, 0.15) is 47.5 Å². The average Bonchev–Trinajstić information content (AvgIpc) is 3.17. The number of para-hydroxylation sites is 1. The third-order valence-corrected chi connectivity index (χ3v) is 5.72. The molecule has 1 aromatic heterocycles. The fourth-order valence-electron chi connectivity index (χ4n) is 3.05. The highest BCUT2D eigenvalue weighted by Crippen LogP contribution is 2.27. The van der Waals surface area contributed by atoms with E-state index in [1.54, 1.807) is 18.2 Å². The standard InChI is InChI=1S/C17H20N2O5S/c1-11-16(12(2)23-19-11)25(21,22)24-15-10-6-5-9-14(15)17(20)18-13-7-3-4-8-13/h5-6,9-10,13H,3-4,7-8H2,1-2H3,(H,18,20). The van der Waals surface area contributed by atoms with Crippen LogP contribution in [0.25, 0.3) is 0 Å². The largest absolute Gasteiger partial charge is 0.378 e. The molecule has 0 atom stereocenters. The number of hydrogen-bond donors (Lipinski definition) is 1. The Hall–Kier alpha value is -2.35. The first kappa shape index (κ1) is 17.5. The van der Waals surface area contributed by atoms with Gasteiger partial charge in [0.15, 0.2) is 16.4 Å². The molecule has 1 amide bonds. The molecule has 8 heteroatoms. The first-order chi connectivity index (χ1) is 11.9. The van der Waals surface area contributed by atoms with E-state index in [1.807, 2.05) is 0 Å². The second kappa shape index (κ2) is 6.87. The van der Waals surface area contributed by atoms with Crippen LogP contribution in [0, 0.1) is 13.8 Å². The van der Waals surface area contributed by atoms with Crippen molar-refractivity contribution in [2.45, 2.75) is 50.5 Å². The zero-order valence-corrected chi connectivity index (χ0v) is 14.9. The van der Waals surface area contributed by atoms with Crippen LogP contribution >= 0.6 is 0 Å². The Labute approximate surface area is 146 Å². The van der Waals surface area contributed by atoms with Crippen molar-refractivity contribution < 1.29 is 21.9 Å². The van der Waals surface area contributed by atoms with Gasteiger partial charge in [0.1, 0.15) is 5.69 Å². The smallest absolute Gasteiger partial charge is 0.344 e. The number of benzene rings is 1. The van der Waals surface area contributed by atoms with Gasteiger partial charge in [-0.25, -0.2) is 0 Å². The Bertz CT molecular complexity index is 863. The number of hydrogen-bond acceptors (Lipinski definition) is 6. The first-order valence-corrected chi connectivity index (χ1v) is 9.56. The normalized spacial score (nSPS) is 15.3. The van der Waals surface area contributed by atoms with E-state index in [9.17, 15) is 13.2 Å². The Morgan fingerprint density at radius 1 is 1.24 bits per heavy atom. The molecular weight excluding hydrogens is 344 g/mol. The van der Waals surface area contributed by atoms with Gasteiger partial charge < -0.3 is 14.0 Å². The van der Waals surface area contributed by atoms with Crippen molar-refractivity contribution in [3.8, 4) is 5.75 Å². The number of carbonyl (C=O) groups excluding carboxylic acids is 1. The van der Waals surface area contributed by atoms with Gasteiger partial charge in [-0.1, -0.05) is 30.1 Å². The minimum absolute atomic E-state index is 0.0157. The lowest BCUT2D eigenvalue weighted by Gasteiger charge is -2.14. The van der Waals surface area contributed by atoms with Crippen LogP contribution in [-0.2, 0) is 10.1 Å². The van der Waals surface area contributed by atoms with Crippen molar-refractivity contribution in [2.75, 3.05) is 0 Å². The Kier molecular flexibility index (Phi) is 4.80. The number of rotatable bonds is 5. The summed E-state index contributed by atoms with van der Waals surface area (Å²) in [6, 6.07) is 6.41. The monoisotopic (exact) mass is 364 g/mol. The molecule has 1 aromatic carbocycles. The van der Waals surface area contributed by atoms with Crippen LogP contribution in [0.5, 0.6) is 5.75 Å². The Morgan fingerprint density at radius 2 is 1.92 bits per heavy atom. The third-order valence-electron chi connectivity index (χ3n) is 4.24. The number of carbonyl (C=O) groups is 1. The lowest BCUT2D eigenvalue weighted by molar-refractivity contribution is 0.0936. The topological polar surface area (TPSA) is 98.5 Å². The summed E-state index contributed by atoms with van der Waals surface area (Å²) in [7, 11) is -4.15. The molecule has 25 heavy (non-hydrogen) atoms. The van der Waals surface area contributed by atoms with E-state index in [2.05, 4.69) is 10.5 Å². The van der Waals surface area contributed by atoms with Crippen molar-refractivity contribution >= 4 is 16.0 Å². The first-order valence-electron chi connectivity index (χ1n) is 8.16. The van der Waals surface area contributed by atoms with E-state index < -0.39 is 10.1 Å².